The van der Waals surface area contributed by atoms with Crippen LogP contribution in [0.3, 0.4) is 0 Å². The van der Waals surface area contributed by atoms with Gasteiger partial charge in [-0.3, -0.25) is 4.79 Å². The van der Waals surface area contributed by atoms with Gasteiger partial charge in [-0.05, 0) is 19.8 Å². The Bertz CT molecular complexity index is 560. The third kappa shape index (κ3) is 3.31. The molecule has 0 saturated carbocycles. The molecule has 1 N–H and O–H groups in total. The van der Waals surface area contributed by atoms with E-state index in [9.17, 15) is 13.2 Å². The highest BCUT2D eigenvalue weighted by Gasteiger charge is 2.42. The van der Waals surface area contributed by atoms with Gasteiger partial charge in [0, 0.05) is 6.54 Å². The average Bonchev–Trinajstić information content (AvgIpc) is 2.63. The third-order valence-electron chi connectivity index (χ3n) is 2.85. The lowest BCUT2D eigenvalue weighted by Crippen LogP contribution is -2.41. The van der Waals surface area contributed by atoms with E-state index < -0.39 is 26.3 Å². The first kappa shape index (κ1) is 15.6. The summed E-state index contributed by atoms with van der Waals surface area (Å²) < 4.78 is 23.9. The van der Waals surface area contributed by atoms with Crippen molar-refractivity contribution < 1.29 is 18.3 Å². The number of aromatic nitrogens is 3. The Hall–Kier alpha value is -1.44. The smallest absolute Gasteiger partial charge is 0.324 e. The summed E-state index contributed by atoms with van der Waals surface area (Å²) in [5, 5.41) is 13.0. The van der Waals surface area contributed by atoms with Crippen molar-refractivity contribution in [3.05, 3.63) is 12.2 Å². The van der Waals surface area contributed by atoms with Crippen molar-refractivity contribution in [3.63, 3.8) is 0 Å². The van der Waals surface area contributed by atoms with Gasteiger partial charge in [0.1, 0.15) is 17.9 Å². The summed E-state index contributed by atoms with van der Waals surface area (Å²) >= 11 is 0. The fourth-order valence-corrected chi connectivity index (χ4v) is 2.57. The number of sulfone groups is 1. The highest BCUT2D eigenvalue weighted by molar-refractivity contribution is 7.92. The first-order chi connectivity index (χ1) is 8.58. The van der Waals surface area contributed by atoms with Gasteiger partial charge in [-0.2, -0.15) is 5.10 Å². The number of rotatable bonds is 6. The number of nitrogens with zero attached hydrogens (tertiary/aromatic N) is 3. The number of carboxylic acid groups (broad SMARTS) is 1. The lowest BCUT2D eigenvalue weighted by Gasteiger charge is -2.19. The molecule has 8 heteroatoms. The molecular formula is C11H19N3O4S. The monoisotopic (exact) mass is 289 g/mol. The van der Waals surface area contributed by atoms with Crippen LogP contribution in [0.4, 0.5) is 0 Å². The number of hydrogen-bond acceptors (Lipinski definition) is 5. The molecule has 0 radical (unpaired) electrons. The molecule has 0 aliphatic heterocycles. The zero-order valence-electron chi connectivity index (χ0n) is 11.5. The van der Waals surface area contributed by atoms with E-state index in [1.807, 2.05) is 13.8 Å². The molecule has 0 aromatic carbocycles. The van der Waals surface area contributed by atoms with Crippen LogP contribution in [-0.2, 0) is 26.9 Å². The molecule has 0 aliphatic rings. The minimum atomic E-state index is -3.86. The minimum absolute atomic E-state index is 0.267. The molecule has 19 heavy (non-hydrogen) atoms. The summed E-state index contributed by atoms with van der Waals surface area (Å²) in [5.41, 5.74) is 0. The normalized spacial score (nSPS) is 12.9. The maximum absolute atomic E-state index is 12.1. The van der Waals surface area contributed by atoms with Crippen LogP contribution in [0.15, 0.2) is 6.33 Å². The van der Waals surface area contributed by atoms with Crippen molar-refractivity contribution in [2.24, 2.45) is 5.92 Å². The van der Waals surface area contributed by atoms with E-state index in [4.69, 9.17) is 5.11 Å². The summed E-state index contributed by atoms with van der Waals surface area (Å²) in [6.07, 6.45) is 1.28. The van der Waals surface area contributed by atoms with Crippen LogP contribution in [0.1, 0.15) is 33.5 Å². The van der Waals surface area contributed by atoms with Gasteiger partial charge in [0.2, 0.25) is 0 Å². The van der Waals surface area contributed by atoms with Crippen molar-refractivity contribution in [2.45, 2.75) is 44.7 Å². The molecule has 0 bridgehead atoms. The van der Waals surface area contributed by atoms with E-state index in [1.54, 1.807) is 0 Å². The Morgan fingerprint density at radius 2 is 2.05 bits per heavy atom. The molecule has 108 valence electrons. The molecule has 1 heterocycles. The summed E-state index contributed by atoms with van der Waals surface area (Å²) in [5.74, 6) is -1.25. The van der Waals surface area contributed by atoms with Gasteiger partial charge in [0.05, 0.1) is 0 Å². The second kappa shape index (κ2) is 5.28. The van der Waals surface area contributed by atoms with Crippen LogP contribution >= 0.6 is 0 Å². The molecule has 7 nitrogen and oxygen atoms in total. The molecule has 0 fully saturated rings. The Labute approximate surface area is 112 Å². The lowest BCUT2D eigenvalue weighted by molar-refractivity contribution is -0.139. The van der Waals surface area contributed by atoms with Gasteiger partial charge in [-0.15, -0.1) is 0 Å². The van der Waals surface area contributed by atoms with Crippen LogP contribution < -0.4 is 0 Å². The molecule has 0 amide bonds. The largest absolute Gasteiger partial charge is 0.480 e. The molecule has 0 atom stereocenters. The van der Waals surface area contributed by atoms with Crippen LogP contribution in [0.2, 0.25) is 0 Å². The number of carboxylic acids is 1. The molecule has 0 saturated heterocycles. The summed E-state index contributed by atoms with van der Waals surface area (Å²) in [6, 6.07) is 0. The van der Waals surface area contributed by atoms with Gasteiger partial charge in [0.25, 0.3) is 0 Å². The van der Waals surface area contributed by atoms with Crippen LogP contribution in [0.5, 0.6) is 0 Å². The van der Waals surface area contributed by atoms with Crippen molar-refractivity contribution >= 4 is 15.8 Å². The van der Waals surface area contributed by atoms with Crippen molar-refractivity contribution in [2.75, 3.05) is 0 Å². The van der Waals surface area contributed by atoms with Crippen LogP contribution in [0.25, 0.3) is 0 Å². The van der Waals surface area contributed by atoms with Crippen molar-refractivity contribution in [1.29, 1.82) is 0 Å². The van der Waals surface area contributed by atoms with E-state index in [0.717, 1.165) is 0 Å². The summed E-state index contributed by atoms with van der Waals surface area (Å²) in [4.78, 5) is 14.9. The van der Waals surface area contributed by atoms with Gasteiger partial charge in [-0.1, -0.05) is 13.8 Å². The standard InChI is InChI=1S/C11H19N3O4S/c1-8(2)5-14-9(12-7-13-14)6-19(17,18)11(3,4)10(15)16/h7-8H,5-6H2,1-4H3,(H,15,16). The van der Waals surface area contributed by atoms with E-state index >= 15 is 0 Å². The van der Waals surface area contributed by atoms with Crippen molar-refractivity contribution in [1.82, 2.24) is 14.8 Å². The van der Waals surface area contributed by atoms with E-state index in [-0.39, 0.29) is 11.7 Å². The molecule has 1 aromatic heterocycles. The predicted octanol–water partition coefficient (Wildman–Crippen LogP) is 0.712. The number of hydrogen-bond donors (Lipinski definition) is 1. The van der Waals surface area contributed by atoms with Crippen molar-refractivity contribution in [3.8, 4) is 0 Å². The van der Waals surface area contributed by atoms with E-state index in [2.05, 4.69) is 10.1 Å². The van der Waals surface area contributed by atoms with E-state index in [0.29, 0.717) is 6.54 Å². The molecule has 0 spiro atoms. The Kier molecular flexibility index (Phi) is 4.34. The second-order valence-electron chi connectivity index (χ2n) is 5.33. The zero-order valence-corrected chi connectivity index (χ0v) is 12.3. The molecule has 1 aromatic rings. The fraction of sp³-hybridized carbons (Fsp3) is 0.727. The Morgan fingerprint density at radius 3 is 2.53 bits per heavy atom. The second-order valence-corrected chi connectivity index (χ2v) is 7.87. The maximum atomic E-state index is 12.1. The SMILES string of the molecule is CC(C)Cn1ncnc1CS(=O)(=O)C(C)(C)C(=O)O. The predicted molar refractivity (Wildman–Crippen MR) is 69.2 cm³/mol. The first-order valence-corrected chi connectivity index (χ1v) is 7.55. The Morgan fingerprint density at radius 1 is 1.47 bits per heavy atom. The average molecular weight is 289 g/mol. The number of carbonyl (C=O) groups is 1. The molecular weight excluding hydrogens is 270 g/mol. The van der Waals surface area contributed by atoms with Gasteiger partial charge in [0.15, 0.2) is 14.6 Å². The Balaban J connectivity index is 3.03. The fourth-order valence-electron chi connectivity index (χ4n) is 1.38. The first-order valence-electron chi connectivity index (χ1n) is 5.90. The minimum Gasteiger partial charge on any atom is -0.480 e. The van der Waals surface area contributed by atoms with E-state index in [1.165, 1.54) is 24.9 Å². The van der Waals surface area contributed by atoms with Crippen LogP contribution in [0, 0.1) is 5.92 Å². The van der Waals surface area contributed by atoms with Gasteiger partial charge >= 0.3 is 5.97 Å². The molecule has 1 rings (SSSR count). The lowest BCUT2D eigenvalue weighted by atomic mass is 10.2. The third-order valence-corrected chi connectivity index (χ3v) is 5.21. The zero-order chi connectivity index (χ0) is 14.8. The number of aliphatic carboxylic acids is 1. The molecule has 0 unspecified atom stereocenters. The topological polar surface area (TPSA) is 102 Å². The maximum Gasteiger partial charge on any atom is 0.324 e. The molecule has 0 aliphatic carbocycles. The quantitative estimate of drug-likeness (QED) is 0.827. The van der Waals surface area contributed by atoms with Crippen LogP contribution in [-0.4, -0.2) is 39.0 Å². The van der Waals surface area contributed by atoms with Gasteiger partial charge in [-0.25, -0.2) is 18.1 Å². The van der Waals surface area contributed by atoms with Gasteiger partial charge < -0.3 is 5.11 Å². The highest BCUT2D eigenvalue weighted by Crippen LogP contribution is 2.21. The summed E-state index contributed by atoms with van der Waals surface area (Å²) in [6.45, 7) is 6.84. The highest BCUT2D eigenvalue weighted by atomic mass is 32.2. The summed E-state index contributed by atoms with van der Waals surface area (Å²) in [7, 11) is -3.86.